The third-order valence-corrected chi connectivity index (χ3v) is 8.12. The van der Waals surface area contributed by atoms with Gasteiger partial charge in [0.05, 0.1) is 18.1 Å². The topological polar surface area (TPSA) is 120 Å². The number of para-hydroxylation sites is 1. The summed E-state index contributed by atoms with van der Waals surface area (Å²) < 4.78 is 31.8. The molecule has 1 aromatic carbocycles. The molecule has 3 aromatic heterocycles. The molecule has 0 amide bonds. The summed E-state index contributed by atoms with van der Waals surface area (Å²) >= 11 is 0. The maximum atomic E-state index is 13.0. The van der Waals surface area contributed by atoms with Crippen LogP contribution in [0.5, 0.6) is 0 Å². The van der Waals surface area contributed by atoms with Gasteiger partial charge >= 0.3 is 5.69 Å². The zero-order chi connectivity index (χ0) is 24.0. The van der Waals surface area contributed by atoms with Gasteiger partial charge in [-0.1, -0.05) is 18.2 Å². The molecule has 0 atom stereocenters. The number of imidazole rings is 1. The summed E-state index contributed by atoms with van der Waals surface area (Å²) in [5.41, 5.74) is 2.71. The van der Waals surface area contributed by atoms with Crippen molar-refractivity contribution in [2.45, 2.75) is 30.7 Å². The van der Waals surface area contributed by atoms with Crippen LogP contribution in [0.15, 0.2) is 52.5 Å². The Hall–Kier alpha value is -3.51. The van der Waals surface area contributed by atoms with Crippen LogP contribution in [0.3, 0.4) is 0 Å². The molecule has 1 N–H and O–H groups in total. The second-order valence-corrected chi connectivity index (χ2v) is 10.5. The second kappa shape index (κ2) is 8.37. The quantitative estimate of drug-likeness (QED) is 0.457. The van der Waals surface area contributed by atoms with Gasteiger partial charge in [0.15, 0.2) is 5.65 Å². The maximum Gasteiger partial charge on any atom is 0.334 e. The molecule has 34 heavy (non-hydrogen) atoms. The number of benzene rings is 1. The lowest BCUT2D eigenvalue weighted by atomic mass is 10.1. The molecule has 0 bridgehead atoms. The molecule has 0 radical (unpaired) electrons. The van der Waals surface area contributed by atoms with Crippen molar-refractivity contribution in [2.75, 3.05) is 18.4 Å². The third kappa shape index (κ3) is 3.78. The van der Waals surface area contributed by atoms with E-state index < -0.39 is 10.0 Å². The second-order valence-electron chi connectivity index (χ2n) is 8.54. The number of sulfonamides is 1. The Balaban J connectivity index is 1.37. The van der Waals surface area contributed by atoms with Crippen molar-refractivity contribution >= 4 is 27.1 Å². The third-order valence-electron chi connectivity index (χ3n) is 6.26. The first-order valence-corrected chi connectivity index (χ1v) is 12.5. The lowest BCUT2D eigenvalue weighted by Crippen LogP contribution is -2.42. The van der Waals surface area contributed by atoms with E-state index in [2.05, 4.69) is 20.4 Å². The highest BCUT2D eigenvalue weighted by atomic mass is 32.2. The maximum absolute atomic E-state index is 13.0. The molecule has 1 aliphatic heterocycles. The van der Waals surface area contributed by atoms with Crippen molar-refractivity contribution in [3.8, 4) is 5.69 Å². The number of aromatic nitrogens is 6. The van der Waals surface area contributed by atoms with Gasteiger partial charge in [-0.05, 0) is 31.4 Å². The first kappa shape index (κ1) is 22.3. The van der Waals surface area contributed by atoms with Gasteiger partial charge in [0.25, 0.3) is 0 Å². The van der Waals surface area contributed by atoms with E-state index in [-0.39, 0.29) is 16.6 Å². The van der Waals surface area contributed by atoms with E-state index >= 15 is 0 Å². The highest BCUT2D eigenvalue weighted by Crippen LogP contribution is 2.23. The Morgan fingerprint density at radius 1 is 1.09 bits per heavy atom. The summed E-state index contributed by atoms with van der Waals surface area (Å²) in [4.78, 5) is 22.2. The molecule has 12 heteroatoms. The molecule has 0 saturated carbocycles. The van der Waals surface area contributed by atoms with Gasteiger partial charge in [-0.2, -0.15) is 14.4 Å². The minimum atomic E-state index is -3.56. The van der Waals surface area contributed by atoms with E-state index in [0.29, 0.717) is 43.0 Å². The summed E-state index contributed by atoms with van der Waals surface area (Å²) in [6.07, 6.45) is 5.75. The van der Waals surface area contributed by atoms with E-state index in [9.17, 15) is 13.2 Å². The summed E-state index contributed by atoms with van der Waals surface area (Å²) in [5.74, 6) is 0.411. The van der Waals surface area contributed by atoms with Crippen molar-refractivity contribution in [3.05, 3.63) is 58.9 Å². The molecule has 1 aliphatic rings. The van der Waals surface area contributed by atoms with Crippen LogP contribution < -0.4 is 11.0 Å². The predicted octanol–water partition coefficient (Wildman–Crippen LogP) is 1.43. The standard InChI is InChI=1S/C22H26N8O3S/c1-15-6-4-5-7-18(15)30-20-19(28(3)22(30)31)13-23-21(26-20)25-16-8-10-29(11-9-16)34(32,33)17-12-24-27(2)14-17/h4-7,12-14,16H,8-11H2,1-3H3,(H,23,25,26). The van der Waals surface area contributed by atoms with Gasteiger partial charge in [0.1, 0.15) is 10.4 Å². The van der Waals surface area contributed by atoms with E-state index in [1.807, 2.05) is 31.2 Å². The Morgan fingerprint density at radius 2 is 1.82 bits per heavy atom. The molecule has 4 heterocycles. The van der Waals surface area contributed by atoms with E-state index in [1.54, 1.807) is 24.9 Å². The molecular weight excluding hydrogens is 456 g/mol. The molecule has 0 aliphatic carbocycles. The molecule has 11 nitrogen and oxygen atoms in total. The largest absolute Gasteiger partial charge is 0.351 e. The zero-order valence-corrected chi connectivity index (χ0v) is 20.0. The molecule has 1 saturated heterocycles. The fourth-order valence-corrected chi connectivity index (χ4v) is 5.77. The summed E-state index contributed by atoms with van der Waals surface area (Å²) in [5, 5.41) is 7.30. The van der Waals surface area contributed by atoms with Crippen molar-refractivity contribution in [1.82, 2.24) is 33.2 Å². The van der Waals surface area contributed by atoms with E-state index in [4.69, 9.17) is 0 Å². The Kier molecular flexibility index (Phi) is 5.48. The predicted molar refractivity (Wildman–Crippen MR) is 127 cm³/mol. The lowest BCUT2D eigenvalue weighted by Gasteiger charge is -2.31. The first-order chi connectivity index (χ1) is 16.3. The highest BCUT2D eigenvalue weighted by molar-refractivity contribution is 7.89. The summed E-state index contributed by atoms with van der Waals surface area (Å²) in [7, 11) is -0.164. The van der Waals surface area contributed by atoms with Crippen molar-refractivity contribution < 1.29 is 8.42 Å². The smallest absolute Gasteiger partial charge is 0.334 e. The molecule has 1 fully saturated rings. The van der Waals surface area contributed by atoms with Gasteiger partial charge in [-0.3, -0.25) is 9.25 Å². The van der Waals surface area contributed by atoms with Crippen LogP contribution in [0.4, 0.5) is 5.95 Å². The van der Waals surface area contributed by atoms with Gasteiger partial charge in [-0.15, -0.1) is 0 Å². The van der Waals surface area contributed by atoms with Gasteiger partial charge in [-0.25, -0.2) is 22.8 Å². The Labute approximate surface area is 196 Å². The summed E-state index contributed by atoms with van der Waals surface area (Å²) in [6, 6.07) is 7.68. The number of anilines is 1. The number of aryl methyl sites for hydroxylation is 3. The van der Waals surface area contributed by atoms with Gasteiger partial charge in [0, 0.05) is 39.4 Å². The van der Waals surface area contributed by atoms with Crippen molar-refractivity contribution in [2.24, 2.45) is 14.1 Å². The Bertz CT molecular complexity index is 1530. The van der Waals surface area contributed by atoms with E-state index in [1.165, 1.54) is 25.9 Å². The fourth-order valence-electron chi connectivity index (χ4n) is 4.32. The lowest BCUT2D eigenvalue weighted by molar-refractivity contribution is 0.329. The van der Waals surface area contributed by atoms with Crippen LogP contribution in [-0.2, 0) is 24.1 Å². The van der Waals surface area contributed by atoms with Gasteiger partial charge in [0.2, 0.25) is 16.0 Å². The average Bonchev–Trinajstić information content (AvgIpc) is 3.37. The number of nitrogens with zero attached hydrogens (tertiary/aromatic N) is 7. The molecule has 5 rings (SSSR count). The number of hydrogen-bond acceptors (Lipinski definition) is 7. The Morgan fingerprint density at radius 3 is 2.50 bits per heavy atom. The first-order valence-electron chi connectivity index (χ1n) is 11.0. The SMILES string of the molecule is Cc1ccccc1-n1c(=O)n(C)c2cnc(NC3CCN(S(=O)(=O)c4cnn(C)c4)CC3)nc21. The van der Waals surface area contributed by atoms with Crippen LogP contribution in [0, 0.1) is 6.92 Å². The molecule has 0 unspecified atom stereocenters. The van der Waals surface area contributed by atoms with Crippen LogP contribution in [0.2, 0.25) is 0 Å². The average molecular weight is 483 g/mol. The number of hydrogen-bond donors (Lipinski definition) is 1. The van der Waals surface area contributed by atoms with Crippen LogP contribution >= 0.6 is 0 Å². The van der Waals surface area contributed by atoms with Crippen molar-refractivity contribution in [1.29, 1.82) is 0 Å². The monoisotopic (exact) mass is 482 g/mol. The molecular formula is C22H26N8O3S. The van der Waals surface area contributed by atoms with Gasteiger partial charge < -0.3 is 5.32 Å². The van der Waals surface area contributed by atoms with E-state index in [0.717, 1.165) is 11.3 Å². The molecule has 0 spiro atoms. The highest BCUT2D eigenvalue weighted by Gasteiger charge is 2.30. The van der Waals surface area contributed by atoms with Crippen LogP contribution in [0.1, 0.15) is 18.4 Å². The van der Waals surface area contributed by atoms with Crippen LogP contribution in [-0.4, -0.2) is 60.7 Å². The minimum absolute atomic E-state index is 0.0140. The molecule has 178 valence electrons. The number of nitrogens with one attached hydrogen (secondary N) is 1. The van der Waals surface area contributed by atoms with Crippen LogP contribution in [0.25, 0.3) is 16.9 Å². The summed E-state index contributed by atoms with van der Waals surface area (Å²) in [6.45, 7) is 2.72. The number of piperidine rings is 1. The normalized spacial score (nSPS) is 15.7. The number of fused-ring (bicyclic) bond motifs is 1. The number of rotatable bonds is 5. The van der Waals surface area contributed by atoms with Crippen molar-refractivity contribution in [3.63, 3.8) is 0 Å². The zero-order valence-electron chi connectivity index (χ0n) is 19.2. The molecule has 4 aromatic rings. The fraction of sp³-hybridized carbons (Fsp3) is 0.364. The minimum Gasteiger partial charge on any atom is -0.351 e.